The number of aromatic hydroxyl groups is 1. The molecule has 0 atom stereocenters. The van der Waals surface area contributed by atoms with Gasteiger partial charge in [0, 0.05) is 5.69 Å². The molecule has 2 aromatic carbocycles. The maximum Gasteiger partial charge on any atom is 0.339 e. The zero-order valence-electron chi connectivity index (χ0n) is 15.3. The van der Waals surface area contributed by atoms with Crippen molar-refractivity contribution in [2.75, 3.05) is 11.9 Å². The lowest BCUT2D eigenvalue weighted by Gasteiger charge is -2.19. The number of carboxylic acid groups (broad SMARTS) is 1. The van der Waals surface area contributed by atoms with Gasteiger partial charge >= 0.3 is 5.97 Å². The highest BCUT2D eigenvalue weighted by Gasteiger charge is 2.15. The summed E-state index contributed by atoms with van der Waals surface area (Å²) in [5.74, 6) is -1.44. The van der Waals surface area contributed by atoms with Gasteiger partial charge in [-0.05, 0) is 47.7 Å². The van der Waals surface area contributed by atoms with Crippen LogP contribution in [-0.2, 0) is 10.2 Å². The molecule has 0 fully saturated rings. The summed E-state index contributed by atoms with van der Waals surface area (Å²) in [6.07, 6.45) is 0. The molecule has 0 heterocycles. The van der Waals surface area contributed by atoms with Gasteiger partial charge in [-0.2, -0.15) is 0 Å². The zero-order valence-corrected chi connectivity index (χ0v) is 15.3. The van der Waals surface area contributed by atoms with Crippen molar-refractivity contribution < 1.29 is 24.5 Å². The summed E-state index contributed by atoms with van der Waals surface area (Å²) in [5, 5.41) is 21.4. The first-order valence-corrected chi connectivity index (χ1v) is 8.18. The number of phenols is 1. The summed E-state index contributed by atoms with van der Waals surface area (Å²) in [7, 11) is 0. The minimum atomic E-state index is -1.27. The van der Waals surface area contributed by atoms with E-state index in [4.69, 9.17) is 9.84 Å². The first-order chi connectivity index (χ1) is 12.1. The Bertz CT molecular complexity index is 819. The summed E-state index contributed by atoms with van der Waals surface area (Å²) in [4.78, 5) is 23.2. The highest BCUT2D eigenvalue weighted by Crippen LogP contribution is 2.27. The van der Waals surface area contributed by atoms with Gasteiger partial charge in [0.15, 0.2) is 6.61 Å². The Labute approximate surface area is 152 Å². The number of hydrogen-bond donors (Lipinski definition) is 3. The van der Waals surface area contributed by atoms with E-state index in [2.05, 4.69) is 26.1 Å². The predicted molar refractivity (Wildman–Crippen MR) is 99.1 cm³/mol. The molecule has 138 valence electrons. The monoisotopic (exact) mass is 357 g/mol. The van der Waals surface area contributed by atoms with Gasteiger partial charge in [-0.15, -0.1) is 0 Å². The summed E-state index contributed by atoms with van der Waals surface area (Å²) in [6.45, 7) is 7.69. The van der Waals surface area contributed by atoms with Crippen molar-refractivity contribution in [3.05, 3.63) is 53.1 Å². The fraction of sp³-hybridized carbons (Fsp3) is 0.300. The lowest BCUT2D eigenvalue weighted by molar-refractivity contribution is -0.118. The smallest absolute Gasteiger partial charge is 0.339 e. The number of nitrogens with one attached hydrogen (secondary N) is 1. The average molecular weight is 357 g/mol. The van der Waals surface area contributed by atoms with Crippen LogP contribution in [0.15, 0.2) is 36.4 Å². The number of rotatable bonds is 5. The lowest BCUT2D eigenvalue weighted by atomic mass is 9.87. The number of benzene rings is 2. The van der Waals surface area contributed by atoms with Gasteiger partial charge in [0.2, 0.25) is 0 Å². The van der Waals surface area contributed by atoms with E-state index in [1.165, 1.54) is 12.1 Å². The van der Waals surface area contributed by atoms with Crippen LogP contribution in [-0.4, -0.2) is 28.7 Å². The van der Waals surface area contributed by atoms with Crippen LogP contribution in [0.2, 0.25) is 0 Å². The molecule has 0 spiro atoms. The molecule has 1 amide bonds. The third-order valence-corrected chi connectivity index (χ3v) is 3.90. The molecule has 6 heteroatoms. The molecule has 0 unspecified atom stereocenters. The molecule has 0 aromatic heterocycles. The van der Waals surface area contributed by atoms with Crippen LogP contribution in [0.25, 0.3) is 0 Å². The van der Waals surface area contributed by atoms with E-state index in [0.717, 1.165) is 5.56 Å². The van der Waals surface area contributed by atoms with Gasteiger partial charge in [-0.1, -0.05) is 32.9 Å². The van der Waals surface area contributed by atoms with Crippen LogP contribution in [0.5, 0.6) is 11.5 Å². The minimum Gasteiger partial charge on any atom is -0.507 e. The van der Waals surface area contributed by atoms with Crippen molar-refractivity contribution in [3.63, 3.8) is 0 Å². The van der Waals surface area contributed by atoms with E-state index < -0.39 is 11.9 Å². The van der Waals surface area contributed by atoms with Gasteiger partial charge < -0.3 is 20.3 Å². The number of anilines is 1. The molecular weight excluding hydrogens is 334 g/mol. The van der Waals surface area contributed by atoms with Crippen molar-refractivity contribution in [1.82, 2.24) is 0 Å². The van der Waals surface area contributed by atoms with Crippen LogP contribution in [0.1, 0.15) is 42.3 Å². The van der Waals surface area contributed by atoms with Crippen LogP contribution in [0.3, 0.4) is 0 Å². The Kier molecular flexibility index (Phi) is 5.55. The predicted octanol–water partition coefficient (Wildman–Crippen LogP) is 3.71. The number of carbonyl (C=O) groups is 2. The van der Waals surface area contributed by atoms with Gasteiger partial charge in [-0.25, -0.2) is 4.79 Å². The first kappa shape index (κ1) is 19.3. The Morgan fingerprint density at radius 2 is 1.73 bits per heavy atom. The molecule has 2 aromatic rings. The van der Waals surface area contributed by atoms with Gasteiger partial charge in [0.25, 0.3) is 5.91 Å². The van der Waals surface area contributed by atoms with E-state index in [9.17, 15) is 14.7 Å². The maximum absolute atomic E-state index is 12.0. The van der Waals surface area contributed by atoms with Crippen molar-refractivity contribution in [2.45, 2.75) is 33.1 Å². The quantitative estimate of drug-likeness (QED) is 0.709. The standard InChI is InChI=1S/C20H23NO5/c1-12-9-14(10-16(18(12)23)19(24)25)21-17(22)11-26-15-7-5-13(6-8-15)20(2,3)4/h5-10,23H,11H2,1-4H3,(H,21,22)(H,24,25). The fourth-order valence-corrected chi connectivity index (χ4v) is 2.41. The molecule has 6 nitrogen and oxygen atoms in total. The third kappa shape index (κ3) is 4.75. The second-order valence-electron chi connectivity index (χ2n) is 7.11. The van der Waals surface area contributed by atoms with Crippen molar-refractivity contribution >= 4 is 17.6 Å². The third-order valence-electron chi connectivity index (χ3n) is 3.90. The summed E-state index contributed by atoms with van der Waals surface area (Å²) in [6, 6.07) is 10.2. The number of carbonyl (C=O) groups excluding carboxylic acids is 1. The van der Waals surface area contributed by atoms with Crippen LogP contribution in [0, 0.1) is 6.92 Å². The maximum atomic E-state index is 12.0. The molecule has 2 rings (SSSR count). The SMILES string of the molecule is Cc1cc(NC(=O)COc2ccc(C(C)(C)C)cc2)cc(C(=O)O)c1O. The van der Waals surface area contributed by atoms with Crippen LogP contribution in [0.4, 0.5) is 5.69 Å². The second-order valence-corrected chi connectivity index (χ2v) is 7.11. The van der Waals surface area contributed by atoms with E-state index in [1.54, 1.807) is 19.1 Å². The van der Waals surface area contributed by atoms with Crippen LogP contribution >= 0.6 is 0 Å². The minimum absolute atomic E-state index is 0.0362. The molecular formula is C20H23NO5. The average Bonchev–Trinajstić information content (AvgIpc) is 2.55. The Morgan fingerprint density at radius 1 is 1.12 bits per heavy atom. The number of ether oxygens (including phenoxy) is 1. The first-order valence-electron chi connectivity index (χ1n) is 8.18. The number of carboxylic acids is 1. The fourth-order valence-electron chi connectivity index (χ4n) is 2.41. The molecule has 3 N–H and O–H groups in total. The van der Waals surface area contributed by atoms with Gasteiger partial charge in [0.1, 0.15) is 17.1 Å². The summed E-state index contributed by atoms with van der Waals surface area (Å²) >= 11 is 0. The number of aromatic carboxylic acids is 1. The topological polar surface area (TPSA) is 95.9 Å². The van der Waals surface area contributed by atoms with E-state index in [1.807, 2.05) is 12.1 Å². The number of amides is 1. The highest BCUT2D eigenvalue weighted by molar-refractivity contribution is 5.96. The molecule has 0 aliphatic heterocycles. The number of hydrogen-bond acceptors (Lipinski definition) is 4. The lowest BCUT2D eigenvalue weighted by Crippen LogP contribution is -2.20. The Morgan fingerprint density at radius 3 is 2.27 bits per heavy atom. The van der Waals surface area contributed by atoms with E-state index in [-0.39, 0.29) is 29.0 Å². The molecule has 0 aliphatic carbocycles. The highest BCUT2D eigenvalue weighted by atomic mass is 16.5. The molecule has 26 heavy (non-hydrogen) atoms. The Hall–Kier alpha value is -3.02. The molecule has 0 saturated heterocycles. The van der Waals surface area contributed by atoms with Crippen LogP contribution < -0.4 is 10.1 Å². The van der Waals surface area contributed by atoms with Crippen molar-refractivity contribution in [1.29, 1.82) is 0 Å². The zero-order chi connectivity index (χ0) is 19.5. The van der Waals surface area contributed by atoms with Crippen molar-refractivity contribution in [3.8, 4) is 11.5 Å². The van der Waals surface area contributed by atoms with E-state index >= 15 is 0 Å². The van der Waals surface area contributed by atoms with Gasteiger partial charge in [0.05, 0.1) is 0 Å². The molecule has 0 radical (unpaired) electrons. The molecule has 0 saturated carbocycles. The van der Waals surface area contributed by atoms with E-state index in [0.29, 0.717) is 11.3 Å². The largest absolute Gasteiger partial charge is 0.507 e. The Balaban J connectivity index is 2.00. The normalized spacial score (nSPS) is 11.1. The number of aryl methyl sites for hydroxylation is 1. The molecule has 0 aliphatic rings. The summed E-state index contributed by atoms with van der Waals surface area (Å²) in [5.41, 5.74) is 1.58. The molecule has 0 bridgehead atoms. The second kappa shape index (κ2) is 7.47. The summed E-state index contributed by atoms with van der Waals surface area (Å²) < 4.78 is 5.46. The van der Waals surface area contributed by atoms with Crippen molar-refractivity contribution in [2.24, 2.45) is 0 Å². The van der Waals surface area contributed by atoms with Gasteiger partial charge in [-0.3, -0.25) is 4.79 Å².